The Bertz CT molecular complexity index is 567. The zero-order valence-electron chi connectivity index (χ0n) is 11.3. The van der Waals surface area contributed by atoms with Crippen molar-refractivity contribution in [2.45, 2.75) is 39.2 Å². The molecule has 2 aromatic heterocycles. The number of nitrogen functional groups attached to an aromatic ring is 1. The number of nitrogens with two attached hydrogens (primary N) is 1. The van der Waals surface area contributed by atoms with Gasteiger partial charge in [-0.15, -0.1) is 0 Å². The Balaban J connectivity index is 1.93. The van der Waals surface area contributed by atoms with Gasteiger partial charge in [0.2, 0.25) is 0 Å². The summed E-state index contributed by atoms with van der Waals surface area (Å²) in [5.74, 6) is 0.570. The number of hydrogen-bond donors (Lipinski definition) is 1. The molecule has 1 aliphatic rings. The summed E-state index contributed by atoms with van der Waals surface area (Å²) in [4.78, 5) is 8.45. The van der Waals surface area contributed by atoms with Gasteiger partial charge in [0.1, 0.15) is 5.82 Å². The summed E-state index contributed by atoms with van der Waals surface area (Å²) in [7, 11) is 0. The van der Waals surface area contributed by atoms with E-state index in [4.69, 9.17) is 5.73 Å². The maximum Gasteiger partial charge on any atom is 0.132 e. The first-order valence-electron chi connectivity index (χ1n) is 6.89. The van der Waals surface area contributed by atoms with Crippen LogP contribution in [0.15, 0.2) is 30.9 Å². The Morgan fingerprint density at radius 2 is 2.16 bits per heavy atom. The van der Waals surface area contributed by atoms with Crippen LogP contribution < -0.4 is 5.73 Å². The van der Waals surface area contributed by atoms with Gasteiger partial charge < -0.3 is 10.3 Å². The van der Waals surface area contributed by atoms with E-state index in [1.54, 1.807) is 6.20 Å². The lowest BCUT2D eigenvalue weighted by Gasteiger charge is -2.25. The Labute approximate surface area is 113 Å². The lowest BCUT2D eigenvalue weighted by molar-refractivity contribution is 0.283. The molecule has 1 aliphatic carbocycles. The van der Waals surface area contributed by atoms with Gasteiger partial charge >= 0.3 is 0 Å². The molecule has 4 nitrogen and oxygen atoms in total. The third kappa shape index (κ3) is 2.35. The van der Waals surface area contributed by atoms with E-state index in [9.17, 15) is 0 Å². The van der Waals surface area contributed by atoms with Crippen LogP contribution in [0.3, 0.4) is 0 Å². The Hall–Kier alpha value is -1.84. The number of imidazole rings is 1. The van der Waals surface area contributed by atoms with Crippen molar-refractivity contribution in [3.8, 4) is 11.3 Å². The zero-order valence-corrected chi connectivity index (χ0v) is 11.3. The van der Waals surface area contributed by atoms with Gasteiger partial charge in [-0.2, -0.15) is 0 Å². The molecule has 1 fully saturated rings. The van der Waals surface area contributed by atoms with E-state index in [1.807, 2.05) is 24.7 Å². The standard InChI is InChI=1S/C15H20N4/c1-15(6-2-3-7-15)10-19-11-17-9-13(19)12-5-4-8-18-14(12)16/h4-5,8-9,11H,2-3,6-7,10H2,1H3,(H2,16,18). The number of rotatable bonds is 3. The molecule has 0 unspecified atom stereocenters. The molecule has 100 valence electrons. The second kappa shape index (κ2) is 4.68. The van der Waals surface area contributed by atoms with Gasteiger partial charge in [0, 0.05) is 18.3 Å². The normalized spacial score (nSPS) is 17.7. The smallest absolute Gasteiger partial charge is 0.132 e. The third-order valence-electron chi connectivity index (χ3n) is 4.19. The van der Waals surface area contributed by atoms with Crippen LogP contribution in [-0.2, 0) is 6.54 Å². The molecule has 2 aromatic rings. The first kappa shape index (κ1) is 12.2. The number of pyridine rings is 1. The SMILES string of the molecule is CC1(Cn2cncc2-c2cccnc2N)CCCC1. The monoisotopic (exact) mass is 256 g/mol. The molecular weight excluding hydrogens is 236 g/mol. The van der Waals surface area contributed by atoms with E-state index >= 15 is 0 Å². The fourth-order valence-electron chi connectivity index (χ4n) is 3.10. The van der Waals surface area contributed by atoms with Gasteiger partial charge in [0.15, 0.2) is 0 Å². The molecule has 4 heteroatoms. The second-order valence-corrected chi connectivity index (χ2v) is 5.86. The minimum Gasteiger partial charge on any atom is -0.383 e. The summed E-state index contributed by atoms with van der Waals surface area (Å²) >= 11 is 0. The summed E-state index contributed by atoms with van der Waals surface area (Å²) in [6.45, 7) is 3.38. The quantitative estimate of drug-likeness (QED) is 0.918. The fourth-order valence-corrected chi connectivity index (χ4v) is 3.10. The van der Waals surface area contributed by atoms with Crippen LogP contribution in [0.2, 0.25) is 0 Å². The van der Waals surface area contributed by atoms with Crippen LogP contribution in [0, 0.1) is 5.41 Å². The van der Waals surface area contributed by atoms with E-state index in [0.29, 0.717) is 11.2 Å². The molecule has 1 saturated carbocycles. The van der Waals surface area contributed by atoms with Gasteiger partial charge in [0.25, 0.3) is 0 Å². The van der Waals surface area contributed by atoms with E-state index in [0.717, 1.165) is 17.8 Å². The average Bonchev–Trinajstić information content (AvgIpc) is 3.00. The lowest BCUT2D eigenvalue weighted by atomic mass is 9.88. The number of aromatic nitrogens is 3. The van der Waals surface area contributed by atoms with Crippen LogP contribution >= 0.6 is 0 Å². The van der Waals surface area contributed by atoms with E-state index < -0.39 is 0 Å². The first-order valence-corrected chi connectivity index (χ1v) is 6.89. The molecule has 2 heterocycles. The second-order valence-electron chi connectivity index (χ2n) is 5.86. The molecule has 0 saturated heterocycles. The Morgan fingerprint density at radius 3 is 2.89 bits per heavy atom. The van der Waals surface area contributed by atoms with E-state index in [-0.39, 0.29) is 0 Å². The largest absolute Gasteiger partial charge is 0.383 e. The Morgan fingerprint density at radius 1 is 1.37 bits per heavy atom. The van der Waals surface area contributed by atoms with Crippen molar-refractivity contribution < 1.29 is 0 Å². The van der Waals surface area contributed by atoms with Crippen LogP contribution in [0.4, 0.5) is 5.82 Å². The van der Waals surface area contributed by atoms with Crippen molar-refractivity contribution in [2.24, 2.45) is 5.41 Å². The maximum atomic E-state index is 5.97. The zero-order chi connectivity index (χ0) is 13.3. The van der Waals surface area contributed by atoms with Crippen LogP contribution in [-0.4, -0.2) is 14.5 Å². The predicted molar refractivity (Wildman–Crippen MR) is 76.4 cm³/mol. The van der Waals surface area contributed by atoms with Gasteiger partial charge in [0.05, 0.1) is 18.2 Å². The minimum absolute atomic E-state index is 0.395. The van der Waals surface area contributed by atoms with Crippen molar-refractivity contribution in [1.82, 2.24) is 14.5 Å². The number of hydrogen-bond acceptors (Lipinski definition) is 3. The molecule has 2 N–H and O–H groups in total. The molecule has 0 spiro atoms. The van der Waals surface area contributed by atoms with Crippen molar-refractivity contribution >= 4 is 5.82 Å². The highest BCUT2D eigenvalue weighted by Crippen LogP contribution is 2.40. The van der Waals surface area contributed by atoms with Crippen LogP contribution in [0.25, 0.3) is 11.3 Å². The third-order valence-corrected chi connectivity index (χ3v) is 4.19. The van der Waals surface area contributed by atoms with Gasteiger partial charge in [-0.05, 0) is 30.4 Å². The summed E-state index contributed by atoms with van der Waals surface area (Å²) < 4.78 is 2.22. The van der Waals surface area contributed by atoms with Crippen LogP contribution in [0.1, 0.15) is 32.6 Å². The van der Waals surface area contributed by atoms with Gasteiger partial charge in [-0.1, -0.05) is 19.8 Å². The molecule has 0 bridgehead atoms. The lowest BCUT2D eigenvalue weighted by Crippen LogP contribution is -2.19. The van der Waals surface area contributed by atoms with Crippen molar-refractivity contribution in [1.29, 1.82) is 0 Å². The van der Waals surface area contributed by atoms with E-state index in [1.165, 1.54) is 25.7 Å². The first-order chi connectivity index (χ1) is 9.18. The van der Waals surface area contributed by atoms with Gasteiger partial charge in [-0.25, -0.2) is 9.97 Å². The highest BCUT2D eigenvalue weighted by Gasteiger charge is 2.29. The Kier molecular flexibility index (Phi) is 3.01. The molecule has 0 amide bonds. The summed E-state index contributed by atoms with van der Waals surface area (Å²) in [6.07, 6.45) is 10.8. The minimum atomic E-state index is 0.395. The van der Waals surface area contributed by atoms with E-state index in [2.05, 4.69) is 21.5 Å². The molecule has 3 rings (SSSR count). The van der Waals surface area contributed by atoms with Crippen LogP contribution in [0.5, 0.6) is 0 Å². The van der Waals surface area contributed by atoms with Gasteiger partial charge in [-0.3, -0.25) is 0 Å². The summed E-state index contributed by atoms with van der Waals surface area (Å²) in [5, 5.41) is 0. The molecular formula is C15H20N4. The van der Waals surface area contributed by atoms with Crippen molar-refractivity contribution in [3.63, 3.8) is 0 Å². The van der Waals surface area contributed by atoms with Crippen molar-refractivity contribution in [2.75, 3.05) is 5.73 Å². The topological polar surface area (TPSA) is 56.7 Å². The highest BCUT2D eigenvalue weighted by molar-refractivity contribution is 5.70. The molecule has 19 heavy (non-hydrogen) atoms. The highest BCUT2D eigenvalue weighted by atomic mass is 15.1. The molecule has 0 aromatic carbocycles. The summed E-state index contributed by atoms with van der Waals surface area (Å²) in [5.41, 5.74) is 8.41. The summed E-state index contributed by atoms with van der Waals surface area (Å²) in [6, 6.07) is 3.92. The predicted octanol–water partition coefficient (Wildman–Crippen LogP) is 3.11. The number of anilines is 1. The molecule has 0 aliphatic heterocycles. The molecule has 0 radical (unpaired) electrons. The average molecular weight is 256 g/mol. The number of nitrogens with zero attached hydrogens (tertiary/aromatic N) is 3. The fraction of sp³-hybridized carbons (Fsp3) is 0.467. The van der Waals surface area contributed by atoms with Crippen molar-refractivity contribution in [3.05, 3.63) is 30.9 Å². The maximum absolute atomic E-state index is 5.97. The molecule has 0 atom stereocenters.